The van der Waals surface area contributed by atoms with Gasteiger partial charge in [-0.25, -0.2) is 9.97 Å². The highest BCUT2D eigenvalue weighted by molar-refractivity contribution is 5.82. The molecule has 0 saturated carbocycles. The van der Waals surface area contributed by atoms with E-state index in [4.69, 9.17) is 0 Å². The predicted molar refractivity (Wildman–Crippen MR) is 82.5 cm³/mol. The molecule has 0 bridgehead atoms. The lowest BCUT2D eigenvalue weighted by Crippen LogP contribution is -2.25. The zero-order valence-corrected chi connectivity index (χ0v) is 11.5. The van der Waals surface area contributed by atoms with Crippen LogP contribution in [0, 0.1) is 0 Å². The van der Waals surface area contributed by atoms with Gasteiger partial charge in [0.1, 0.15) is 12.1 Å². The van der Waals surface area contributed by atoms with Crippen LogP contribution in [0.4, 0.5) is 11.5 Å². The zero-order valence-electron chi connectivity index (χ0n) is 11.5. The summed E-state index contributed by atoms with van der Waals surface area (Å²) in [6, 6.07) is 10.2. The average molecular weight is 277 g/mol. The van der Waals surface area contributed by atoms with Gasteiger partial charge >= 0.3 is 0 Å². The summed E-state index contributed by atoms with van der Waals surface area (Å²) in [7, 11) is 0. The molecule has 0 atom stereocenters. The average Bonchev–Trinajstić information content (AvgIpc) is 2.55. The van der Waals surface area contributed by atoms with Crippen molar-refractivity contribution in [2.24, 2.45) is 0 Å². The van der Waals surface area contributed by atoms with E-state index in [1.54, 1.807) is 6.33 Å². The summed E-state index contributed by atoms with van der Waals surface area (Å²) in [4.78, 5) is 13.2. The first-order valence-corrected chi connectivity index (χ1v) is 7.05. The highest BCUT2D eigenvalue weighted by Crippen LogP contribution is 2.24. The van der Waals surface area contributed by atoms with Gasteiger partial charge in [0.25, 0.3) is 0 Å². The third-order valence-corrected chi connectivity index (χ3v) is 3.73. The molecule has 4 rings (SSSR count). The summed E-state index contributed by atoms with van der Waals surface area (Å²) in [5, 5.41) is 7.83. The van der Waals surface area contributed by atoms with Crippen LogP contribution in [0.5, 0.6) is 0 Å². The van der Waals surface area contributed by atoms with Gasteiger partial charge in [-0.15, -0.1) is 0 Å². The van der Waals surface area contributed by atoms with Gasteiger partial charge in [-0.3, -0.25) is 4.98 Å². The third kappa shape index (κ3) is 2.32. The van der Waals surface area contributed by atoms with Gasteiger partial charge in [-0.1, -0.05) is 18.2 Å². The van der Waals surface area contributed by atoms with Crippen molar-refractivity contribution in [3.05, 3.63) is 54.1 Å². The van der Waals surface area contributed by atoms with E-state index in [2.05, 4.69) is 37.7 Å². The molecule has 1 aliphatic heterocycles. The minimum atomic E-state index is 0.808. The molecule has 1 aliphatic rings. The number of nitrogens with one attached hydrogen (secondary N) is 2. The lowest BCUT2D eigenvalue weighted by Gasteiger charge is -2.19. The minimum Gasteiger partial charge on any atom is -0.339 e. The number of rotatable bonds is 2. The van der Waals surface area contributed by atoms with Gasteiger partial charge < -0.3 is 10.6 Å². The molecule has 0 fully saturated rings. The van der Waals surface area contributed by atoms with Crippen LogP contribution in [0.15, 0.2) is 42.9 Å². The van der Waals surface area contributed by atoms with E-state index in [-0.39, 0.29) is 0 Å². The van der Waals surface area contributed by atoms with E-state index in [0.29, 0.717) is 0 Å². The van der Waals surface area contributed by atoms with Crippen molar-refractivity contribution >= 4 is 22.4 Å². The fourth-order valence-electron chi connectivity index (χ4n) is 2.67. The van der Waals surface area contributed by atoms with Crippen LogP contribution < -0.4 is 10.6 Å². The van der Waals surface area contributed by atoms with E-state index in [1.807, 2.05) is 24.4 Å². The summed E-state index contributed by atoms with van der Waals surface area (Å²) in [6.45, 7) is 1.77. The number of aromatic nitrogens is 3. The van der Waals surface area contributed by atoms with Crippen molar-refractivity contribution < 1.29 is 0 Å². The lowest BCUT2D eigenvalue weighted by molar-refractivity contribution is 0.624. The Morgan fingerprint density at radius 3 is 3.05 bits per heavy atom. The van der Waals surface area contributed by atoms with Gasteiger partial charge in [0, 0.05) is 17.5 Å². The monoisotopic (exact) mass is 277 g/mol. The highest BCUT2D eigenvalue weighted by atomic mass is 15.0. The topological polar surface area (TPSA) is 62.7 Å². The first-order chi connectivity index (χ1) is 10.4. The summed E-state index contributed by atoms with van der Waals surface area (Å²) in [5.41, 5.74) is 4.22. The maximum Gasteiger partial charge on any atom is 0.137 e. The Morgan fingerprint density at radius 1 is 1.10 bits per heavy atom. The second kappa shape index (κ2) is 5.10. The lowest BCUT2D eigenvalue weighted by atomic mass is 10.1. The van der Waals surface area contributed by atoms with Crippen molar-refractivity contribution in [1.82, 2.24) is 20.3 Å². The Balaban J connectivity index is 1.71. The summed E-state index contributed by atoms with van der Waals surface area (Å²) in [5.74, 6) is 0.888. The molecule has 104 valence electrons. The first kappa shape index (κ1) is 12.2. The van der Waals surface area contributed by atoms with Crippen LogP contribution in [0.3, 0.4) is 0 Å². The Morgan fingerprint density at radius 2 is 2.05 bits per heavy atom. The molecule has 2 N–H and O–H groups in total. The molecular formula is C16H15N5. The second-order valence-corrected chi connectivity index (χ2v) is 5.12. The van der Waals surface area contributed by atoms with Gasteiger partial charge in [0.15, 0.2) is 0 Å². The number of benzene rings is 1. The van der Waals surface area contributed by atoms with Crippen LogP contribution in [-0.2, 0) is 13.0 Å². The molecule has 5 heteroatoms. The molecule has 0 radical (unpaired) electrons. The molecule has 0 spiro atoms. The smallest absolute Gasteiger partial charge is 0.137 e. The number of anilines is 2. The van der Waals surface area contributed by atoms with Crippen LogP contribution in [0.25, 0.3) is 10.9 Å². The maximum absolute atomic E-state index is 4.47. The number of para-hydroxylation sites is 1. The molecule has 0 saturated heterocycles. The second-order valence-electron chi connectivity index (χ2n) is 5.12. The Hall–Kier alpha value is -2.53. The van der Waals surface area contributed by atoms with E-state index in [0.717, 1.165) is 47.6 Å². The molecule has 0 amide bonds. The van der Waals surface area contributed by atoms with Crippen molar-refractivity contribution in [3.8, 4) is 0 Å². The molecule has 2 aromatic heterocycles. The van der Waals surface area contributed by atoms with Crippen LogP contribution >= 0.6 is 0 Å². The number of pyridine rings is 1. The summed E-state index contributed by atoms with van der Waals surface area (Å²) in [6.07, 6.45) is 4.40. The molecule has 0 aliphatic carbocycles. The van der Waals surface area contributed by atoms with Crippen LogP contribution in [-0.4, -0.2) is 21.5 Å². The Bertz CT molecular complexity index is 800. The fourth-order valence-corrected chi connectivity index (χ4v) is 2.67. The number of nitrogens with zero attached hydrogens (tertiary/aromatic N) is 3. The molecular weight excluding hydrogens is 262 g/mol. The highest BCUT2D eigenvalue weighted by Gasteiger charge is 2.15. The van der Waals surface area contributed by atoms with Crippen LogP contribution in [0.1, 0.15) is 11.3 Å². The number of fused-ring (bicyclic) bond motifs is 2. The van der Waals surface area contributed by atoms with Crippen LogP contribution in [0.2, 0.25) is 0 Å². The van der Waals surface area contributed by atoms with Gasteiger partial charge in [-0.05, 0) is 25.1 Å². The van der Waals surface area contributed by atoms with Gasteiger partial charge in [0.05, 0.1) is 23.1 Å². The first-order valence-electron chi connectivity index (χ1n) is 7.05. The predicted octanol–water partition coefficient (Wildman–Crippen LogP) is 2.41. The largest absolute Gasteiger partial charge is 0.339 e. The fraction of sp³-hybridized carbons (Fsp3) is 0.188. The van der Waals surface area contributed by atoms with Crippen molar-refractivity contribution in [2.45, 2.75) is 13.0 Å². The zero-order chi connectivity index (χ0) is 14.1. The van der Waals surface area contributed by atoms with Gasteiger partial charge in [-0.2, -0.15) is 0 Å². The Kier molecular flexibility index (Phi) is 2.97. The third-order valence-electron chi connectivity index (χ3n) is 3.73. The number of hydrogen-bond acceptors (Lipinski definition) is 5. The SMILES string of the molecule is c1ccc2ncc(Nc3ncnc4c3CCNC4)cc2c1. The quantitative estimate of drug-likeness (QED) is 0.753. The Labute approximate surface area is 122 Å². The summed E-state index contributed by atoms with van der Waals surface area (Å²) >= 11 is 0. The summed E-state index contributed by atoms with van der Waals surface area (Å²) < 4.78 is 0. The van der Waals surface area contributed by atoms with E-state index < -0.39 is 0 Å². The molecule has 3 aromatic rings. The van der Waals surface area contributed by atoms with Crippen molar-refractivity contribution in [3.63, 3.8) is 0 Å². The minimum absolute atomic E-state index is 0.808. The van der Waals surface area contributed by atoms with E-state index in [9.17, 15) is 0 Å². The van der Waals surface area contributed by atoms with Crippen molar-refractivity contribution in [2.75, 3.05) is 11.9 Å². The molecule has 1 aromatic carbocycles. The molecule has 3 heterocycles. The van der Waals surface area contributed by atoms with E-state index >= 15 is 0 Å². The van der Waals surface area contributed by atoms with Crippen molar-refractivity contribution in [1.29, 1.82) is 0 Å². The molecule has 5 nitrogen and oxygen atoms in total. The number of hydrogen-bond donors (Lipinski definition) is 2. The molecule has 21 heavy (non-hydrogen) atoms. The van der Waals surface area contributed by atoms with Gasteiger partial charge in [0.2, 0.25) is 0 Å². The normalized spacial score (nSPS) is 13.9. The van der Waals surface area contributed by atoms with E-state index in [1.165, 1.54) is 5.56 Å². The standard InChI is InChI=1S/C16H15N5/c1-2-4-14-11(3-1)7-12(8-18-14)21-16-13-5-6-17-9-15(13)19-10-20-16/h1-4,7-8,10,17H,5-6,9H2,(H,19,20,21). The molecule has 0 unspecified atom stereocenters. The maximum atomic E-state index is 4.47.